The third kappa shape index (κ3) is 5.28. The Balaban J connectivity index is 1.85. The van der Waals surface area contributed by atoms with Gasteiger partial charge in [0, 0.05) is 37.7 Å². The predicted octanol–water partition coefficient (Wildman–Crippen LogP) is -0.564. The predicted molar refractivity (Wildman–Crippen MR) is 87.4 cm³/mol. The van der Waals surface area contributed by atoms with Crippen LogP contribution in [0.25, 0.3) is 0 Å². The van der Waals surface area contributed by atoms with Crippen LogP contribution in [0.1, 0.15) is 22.8 Å². The molecular weight excluding hydrogens is 318 g/mol. The number of carbonyl (C=O) groups is 1. The average Bonchev–Trinajstić information content (AvgIpc) is 2.96. The smallest absolute Gasteiger partial charge is 0.251 e. The summed E-state index contributed by atoms with van der Waals surface area (Å²) in [7, 11) is -3.23. The van der Waals surface area contributed by atoms with Crippen molar-refractivity contribution >= 4 is 15.9 Å². The first kappa shape index (κ1) is 17.9. The van der Waals surface area contributed by atoms with Crippen LogP contribution < -0.4 is 15.4 Å². The molecule has 0 aliphatic carbocycles. The van der Waals surface area contributed by atoms with Gasteiger partial charge in [0.05, 0.1) is 11.9 Å². The molecule has 7 nitrogen and oxygen atoms in total. The minimum atomic E-state index is -3.23. The summed E-state index contributed by atoms with van der Waals surface area (Å²) in [5, 5.41) is 15.6. The molecule has 1 amide bonds. The Labute approximate surface area is 136 Å². The number of amides is 1. The van der Waals surface area contributed by atoms with E-state index in [4.69, 9.17) is 0 Å². The Morgan fingerprint density at radius 1 is 1.30 bits per heavy atom. The van der Waals surface area contributed by atoms with Gasteiger partial charge in [0.1, 0.15) is 0 Å². The van der Waals surface area contributed by atoms with Crippen LogP contribution >= 0.6 is 0 Å². The van der Waals surface area contributed by atoms with Crippen molar-refractivity contribution in [1.29, 1.82) is 0 Å². The van der Waals surface area contributed by atoms with Crippen LogP contribution in [0.15, 0.2) is 24.3 Å². The van der Waals surface area contributed by atoms with Crippen LogP contribution in [0, 0.1) is 5.92 Å². The number of rotatable bonds is 7. The Hall–Kier alpha value is -1.48. The lowest BCUT2D eigenvalue weighted by Gasteiger charge is -2.14. The van der Waals surface area contributed by atoms with E-state index in [2.05, 4.69) is 15.4 Å². The van der Waals surface area contributed by atoms with E-state index in [1.165, 1.54) is 0 Å². The van der Waals surface area contributed by atoms with E-state index in [-0.39, 0.29) is 24.1 Å². The zero-order chi connectivity index (χ0) is 16.9. The summed E-state index contributed by atoms with van der Waals surface area (Å²) < 4.78 is 25.2. The number of aliphatic hydroxyl groups is 1. The third-order valence-corrected chi connectivity index (χ3v) is 5.27. The monoisotopic (exact) mass is 341 g/mol. The van der Waals surface area contributed by atoms with Crippen molar-refractivity contribution in [3.05, 3.63) is 35.4 Å². The molecular formula is C15H23N3O4S. The van der Waals surface area contributed by atoms with Crippen molar-refractivity contribution in [2.45, 2.75) is 19.6 Å². The molecule has 1 aromatic rings. The number of nitrogens with one attached hydrogen (secondary N) is 3. The fourth-order valence-corrected chi connectivity index (χ4v) is 2.91. The van der Waals surface area contributed by atoms with Gasteiger partial charge < -0.3 is 15.7 Å². The van der Waals surface area contributed by atoms with Gasteiger partial charge in [0.25, 0.3) is 5.91 Å². The SMILES string of the molecule is CCS(=O)(=O)NCc1ccc(C(=O)NCC2CNCC2O)cc1. The zero-order valence-corrected chi connectivity index (χ0v) is 13.9. The zero-order valence-electron chi connectivity index (χ0n) is 13.1. The Bertz CT molecular complexity index is 631. The highest BCUT2D eigenvalue weighted by Gasteiger charge is 2.25. The minimum Gasteiger partial charge on any atom is -0.391 e. The molecule has 8 heteroatoms. The maximum absolute atomic E-state index is 12.1. The van der Waals surface area contributed by atoms with Crippen molar-refractivity contribution in [3.8, 4) is 0 Å². The van der Waals surface area contributed by atoms with Gasteiger partial charge in [-0.3, -0.25) is 4.79 Å². The van der Waals surface area contributed by atoms with Gasteiger partial charge in [0.15, 0.2) is 0 Å². The maximum atomic E-state index is 12.1. The van der Waals surface area contributed by atoms with Gasteiger partial charge in [-0.15, -0.1) is 0 Å². The number of β-amino-alcohol motifs (C(OH)–C–C–N with tert-alkyl or cyclic N) is 1. The van der Waals surface area contributed by atoms with Crippen molar-refractivity contribution in [1.82, 2.24) is 15.4 Å². The molecule has 0 saturated carbocycles. The Kier molecular flexibility index (Phi) is 6.11. The molecule has 1 saturated heterocycles. The number of hydrogen-bond donors (Lipinski definition) is 4. The molecule has 1 fully saturated rings. The van der Waals surface area contributed by atoms with Crippen LogP contribution in [0.5, 0.6) is 0 Å². The molecule has 1 aromatic carbocycles. The van der Waals surface area contributed by atoms with Crippen molar-refractivity contribution in [2.75, 3.05) is 25.4 Å². The van der Waals surface area contributed by atoms with Crippen LogP contribution in [0.2, 0.25) is 0 Å². The highest BCUT2D eigenvalue weighted by Crippen LogP contribution is 2.09. The molecule has 0 aromatic heterocycles. The van der Waals surface area contributed by atoms with Crippen LogP contribution in [-0.4, -0.2) is 50.9 Å². The lowest BCUT2D eigenvalue weighted by molar-refractivity contribution is 0.0927. The highest BCUT2D eigenvalue weighted by atomic mass is 32.2. The normalized spacial score (nSPS) is 21.3. The first-order valence-corrected chi connectivity index (χ1v) is 9.30. The number of aliphatic hydroxyl groups excluding tert-OH is 1. The van der Waals surface area contributed by atoms with E-state index >= 15 is 0 Å². The molecule has 1 heterocycles. The second kappa shape index (κ2) is 7.87. The number of benzene rings is 1. The molecule has 2 atom stereocenters. The Morgan fingerprint density at radius 3 is 2.57 bits per heavy atom. The second-order valence-electron chi connectivity index (χ2n) is 5.62. The lowest BCUT2D eigenvalue weighted by Crippen LogP contribution is -2.34. The summed E-state index contributed by atoms with van der Waals surface area (Å²) in [6.07, 6.45) is -0.427. The standard InChI is InChI=1S/C15H23N3O4S/c1-2-23(21,22)18-7-11-3-5-12(6-4-11)15(20)17-9-13-8-16-10-14(13)19/h3-6,13-14,16,18-19H,2,7-10H2,1H3,(H,17,20). The fourth-order valence-electron chi connectivity index (χ4n) is 2.32. The third-order valence-electron chi connectivity index (χ3n) is 3.92. The second-order valence-corrected chi connectivity index (χ2v) is 7.71. The van der Waals surface area contributed by atoms with Crippen molar-refractivity contribution in [3.63, 3.8) is 0 Å². The van der Waals surface area contributed by atoms with Crippen molar-refractivity contribution in [2.24, 2.45) is 5.92 Å². The van der Waals surface area contributed by atoms with Gasteiger partial charge in [-0.2, -0.15) is 0 Å². The summed E-state index contributed by atoms with van der Waals surface area (Å²) in [6.45, 7) is 3.45. The largest absolute Gasteiger partial charge is 0.391 e. The molecule has 23 heavy (non-hydrogen) atoms. The highest BCUT2D eigenvalue weighted by molar-refractivity contribution is 7.89. The van der Waals surface area contributed by atoms with E-state index in [9.17, 15) is 18.3 Å². The van der Waals surface area contributed by atoms with Gasteiger partial charge >= 0.3 is 0 Å². The van der Waals surface area contributed by atoms with E-state index < -0.39 is 16.1 Å². The van der Waals surface area contributed by atoms with Gasteiger partial charge in [-0.25, -0.2) is 13.1 Å². The van der Waals surface area contributed by atoms with E-state index in [1.807, 2.05) is 0 Å². The molecule has 4 N–H and O–H groups in total. The molecule has 0 radical (unpaired) electrons. The summed E-state index contributed by atoms with van der Waals surface area (Å²) in [5.74, 6) is -0.138. The van der Waals surface area contributed by atoms with Crippen LogP contribution in [0.4, 0.5) is 0 Å². The van der Waals surface area contributed by atoms with E-state index in [0.29, 0.717) is 25.2 Å². The van der Waals surface area contributed by atoms with Crippen LogP contribution in [-0.2, 0) is 16.6 Å². The van der Waals surface area contributed by atoms with E-state index in [1.54, 1.807) is 31.2 Å². The molecule has 128 valence electrons. The number of sulfonamides is 1. The molecule has 0 spiro atoms. The van der Waals surface area contributed by atoms with Gasteiger partial charge in [-0.1, -0.05) is 12.1 Å². The maximum Gasteiger partial charge on any atom is 0.251 e. The van der Waals surface area contributed by atoms with Gasteiger partial charge in [-0.05, 0) is 24.6 Å². The lowest BCUT2D eigenvalue weighted by atomic mass is 10.1. The number of carbonyl (C=O) groups excluding carboxylic acids is 1. The fraction of sp³-hybridized carbons (Fsp3) is 0.533. The van der Waals surface area contributed by atoms with E-state index in [0.717, 1.165) is 5.56 Å². The first-order chi connectivity index (χ1) is 10.9. The summed E-state index contributed by atoms with van der Waals surface area (Å²) in [6, 6.07) is 6.76. The van der Waals surface area contributed by atoms with Crippen molar-refractivity contribution < 1.29 is 18.3 Å². The number of hydrogen-bond acceptors (Lipinski definition) is 5. The summed E-state index contributed by atoms with van der Waals surface area (Å²) in [4.78, 5) is 12.1. The summed E-state index contributed by atoms with van der Waals surface area (Å²) in [5.41, 5.74) is 1.29. The quantitative estimate of drug-likeness (QED) is 0.532. The topological polar surface area (TPSA) is 108 Å². The minimum absolute atomic E-state index is 0.0293. The molecule has 0 bridgehead atoms. The molecule has 2 rings (SSSR count). The average molecular weight is 341 g/mol. The Morgan fingerprint density at radius 2 is 2.00 bits per heavy atom. The molecule has 1 aliphatic heterocycles. The summed E-state index contributed by atoms with van der Waals surface area (Å²) >= 11 is 0. The molecule has 1 aliphatic rings. The first-order valence-electron chi connectivity index (χ1n) is 7.64. The van der Waals surface area contributed by atoms with Crippen LogP contribution in [0.3, 0.4) is 0 Å². The molecule has 2 unspecified atom stereocenters. The van der Waals surface area contributed by atoms with Gasteiger partial charge in [0.2, 0.25) is 10.0 Å².